The molecule has 1 saturated heterocycles. The number of methoxy groups -OCH3 is 1. The quantitative estimate of drug-likeness (QED) is 0.613. The lowest BCUT2D eigenvalue weighted by atomic mass is 9.82. The van der Waals surface area contributed by atoms with Gasteiger partial charge in [0.2, 0.25) is 5.91 Å². The van der Waals surface area contributed by atoms with Gasteiger partial charge in [-0.1, -0.05) is 31.0 Å². The Morgan fingerprint density at radius 1 is 1.36 bits per heavy atom. The third-order valence-electron chi connectivity index (χ3n) is 5.50. The second kappa shape index (κ2) is 10.0. The van der Waals surface area contributed by atoms with Gasteiger partial charge in [-0.05, 0) is 18.9 Å². The van der Waals surface area contributed by atoms with Crippen molar-refractivity contribution in [2.24, 2.45) is 5.92 Å². The fourth-order valence-corrected chi connectivity index (χ4v) is 5.32. The van der Waals surface area contributed by atoms with Crippen LogP contribution < -0.4 is 15.4 Å². The highest BCUT2D eigenvalue weighted by molar-refractivity contribution is 8.00. The normalized spacial score (nSPS) is 24.3. The summed E-state index contributed by atoms with van der Waals surface area (Å²) in [7, 11) is 1.61. The molecule has 2 aliphatic rings. The second-order valence-corrected chi connectivity index (χ2v) is 8.33. The first-order chi connectivity index (χ1) is 13.6. The van der Waals surface area contributed by atoms with E-state index in [0.717, 1.165) is 37.0 Å². The topological polar surface area (TPSA) is 90.9 Å². The molecule has 3 amide bonds. The van der Waals surface area contributed by atoms with Gasteiger partial charge in [-0.25, -0.2) is 4.79 Å². The minimum Gasteiger partial charge on any atom is -0.496 e. The monoisotopic (exact) mass is 407 g/mol. The molecule has 7 nitrogen and oxygen atoms in total. The number of fused-ring (bicyclic) bond motifs is 1. The highest BCUT2D eigenvalue weighted by Gasteiger charge is 2.42. The van der Waals surface area contributed by atoms with Crippen molar-refractivity contribution in [2.45, 2.75) is 43.6 Å². The molecule has 1 heterocycles. The largest absolute Gasteiger partial charge is 0.496 e. The molecule has 28 heavy (non-hydrogen) atoms. The van der Waals surface area contributed by atoms with E-state index in [-0.39, 0.29) is 30.0 Å². The number of carbonyl (C=O) groups is 2. The molecule has 3 atom stereocenters. The van der Waals surface area contributed by atoms with Crippen molar-refractivity contribution in [3.8, 4) is 5.75 Å². The number of rotatable bonds is 8. The minimum absolute atomic E-state index is 0.0280. The van der Waals surface area contributed by atoms with Crippen LogP contribution in [0.3, 0.4) is 0 Å². The Morgan fingerprint density at radius 2 is 2.14 bits per heavy atom. The van der Waals surface area contributed by atoms with Crippen molar-refractivity contribution < 1.29 is 19.4 Å². The fraction of sp³-hybridized carbons (Fsp3) is 0.600. The van der Waals surface area contributed by atoms with Crippen molar-refractivity contribution in [3.63, 3.8) is 0 Å². The maximum atomic E-state index is 12.5. The van der Waals surface area contributed by atoms with Crippen molar-refractivity contribution in [1.29, 1.82) is 0 Å². The minimum atomic E-state index is -0.135. The Balaban J connectivity index is 1.53. The molecule has 0 spiro atoms. The molecule has 3 N–H and O–H groups in total. The van der Waals surface area contributed by atoms with Gasteiger partial charge < -0.3 is 25.4 Å². The number of hydrogen-bond donors (Lipinski definition) is 3. The lowest BCUT2D eigenvalue weighted by molar-refractivity contribution is -0.118. The number of amides is 3. The van der Waals surface area contributed by atoms with Crippen LogP contribution in [0.5, 0.6) is 5.75 Å². The van der Waals surface area contributed by atoms with Gasteiger partial charge in [-0.3, -0.25) is 4.79 Å². The number of aliphatic hydroxyl groups excluding tert-OH is 1. The molecule has 1 aliphatic carbocycles. The van der Waals surface area contributed by atoms with Crippen molar-refractivity contribution in [1.82, 2.24) is 15.5 Å². The highest BCUT2D eigenvalue weighted by Crippen LogP contribution is 2.37. The van der Waals surface area contributed by atoms with Gasteiger partial charge in [0.1, 0.15) is 5.75 Å². The molecular formula is C20H29N3O4S. The van der Waals surface area contributed by atoms with E-state index in [1.54, 1.807) is 12.0 Å². The van der Waals surface area contributed by atoms with Crippen molar-refractivity contribution >= 4 is 23.7 Å². The Morgan fingerprint density at radius 3 is 2.93 bits per heavy atom. The van der Waals surface area contributed by atoms with Crippen LogP contribution in [-0.2, 0) is 11.3 Å². The third kappa shape index (κ3) is 4.91. The first-order valence-electron chi connectivity index (χ1n) is 9.82. The Kier molecular flexibility index (Phi) is 7.44. The number of aliphatic hydroxyl groups is 1. The summed E-state index contributed by atoms with van der Waals surface area (Å²) < 4.78 is 5.31. The van der Waals surface area contributed by atoms with Crippen molar-refractivity contribution in [2.75, 3.05) is 26.0 Å². The molecule has 154 valence electrons. The lowest BCUT2D eigenvalue weighted by Gasteiger charge is -2.47. The number of benzene rings is 1. The number of ether oxygens (including phenoxy) is 1. The summed E-state index contributed by atoms with van der Waals surface area (Å²) >= 11 is 1.50. The van der Waals surface area contributed by atoms with Gasteiger partial charge in [0.25, 0.3) is 0 Å². The molecule has 2 fully saturated rings. The molecular weight excluding hydrogens is 378 g/mol. The first kappa shape index (κ1) is 20.8. The molecule has 0 bridgehead atoms. The maximum absolute atomic E-state index is 12.5. The number of nitrogens with zero attached hydrogens (tertiary/aromatic N) is 1. The summed E-state index contributed by atoms with van der Waals surface area (Å²) in [5.74, 6) is 1.30. The summed E-state index contributed by atoms with van der Waals surface area (Å²) in [6.45, 7) is 0.750. The fourth-order valence-electron chi connectivity index (χ4n) is 4.14. The summed E-state index contributed by atoms with van der Waals surface area (Å²) in [4.78, 5) is 26.6. The van der Waals surface area contributed by atoms with Crippen LogP contribution in [0, 0.1) is 5.92 Å². The van der Waals surface area contributed by atoms with E-state index in [9.17, 15) is 14.7 Å². The molecule has 0 aromatic heterocycles. The van der Waals surface area contributed by atoms with Gasteiger partial charge in [0.15, 0.2) is 0 Å². The first-order valence-corrected chi connectivity index (χ1v) is 10.9. The average molecular weight is 408 g/mol. The zero-order chi connectivity index (χ0) is 19.9. The summed E-state index contributed by atoms with van der Waals surface area (Å²) in [5.41, 5.74) is 0.932. The van der Waals surface area contributed by atoms with Crippen LogP contribution in [0.15, 0.2) is 24.3 Å². The van der Waals surface area contributed by atoms with E-state index in [4.69, 9.17) is 4.74 Å². The van der Waals surface area contributed by atoms with Crippen LogP contribution in [0.2, 0.25) is 0 Å². The van der Waals surface area contributed by atoms with E-state index in [1.807, 2.05) is 24.3 Å². The maximum Gasteiger partial charge on any atom is 0.318 e. The van der Waals surface area contributed by atoms with Gasteiger partial charge >= 0.3 is 6.03 Å². The Labute approximate surface area is 170 Å². The van der Waals surface area contributed by atoms with Gasteiger partial charge in [-0.2, -0.15) is 0 Å². The molecule has 1 saturated carbocycles. The highest BCUT2D eigenvalue weighted by atomic mass is 32.2. The van der Waals surface area contributed by atoms with Crippen LogP contribution in [0.4, 0.5) is 4.79 Å². The zero-order valence-electron chi connectivity index (χ0n) is 16.2. The summed E-state index contributed by atoms with van der Waals surface area (Å²) in [6, 6.07) is 7.63. The Hall–Kier alpha value is -1.93. The molecule has 1 aliphatic heterocycles. The van der Waals surface area contributed by atoms with Crippen molar-refractivity contribution in [3.05, 3.63) is 29.8 Å². The SMILES string of the molecule is COc1ccccc1CNC(=O)CSC1NC(=O)N(CCO)C2CCCCC12. The number of β-amino-alcohol motifs (C(OH)–C–C–N with tert-alkyl or cyclic N) is 1. The number of nitrogens with one attached hydrogen (secondary N) is 2. The third-order valence-corrected chi connectivity index (χ3v) is 6.76. The molecule has 0 radical (unpaired) electrons. The van der Waals surface area contributed by atoms with Gasteiger partial charge in [-0.15, -0.1) is 11.8 Å². The smallest absolute Gasteiger partial charge is 0.318 e. The zero-order valence-corrected chi connectivity index (χ0v) is 17.0. The van der Waals surface area contributed by atoms with Gasteiger partial charge in [0.05, 0.1) is 24.8 Å². The molecule has 3 unspecified atom stereocenters. The summed E-state index contributed by atoms with van der Waals surface area (Å²) in [6.07, 6.45) is 4.25. The number of para-hydroxylation sites is 1. The van der Waals surface area contributed by atoms with E-state index >= 15 is 0 Å². The van der Waals surface area contributed by atoms with Crippen LogP contribution in [0.25, 0.3) is 0 Å². The second-order valence-electron chi connectivity index (χ2n) is 7.20. The number of thioether (sulfide) groups is 1. The predicted molar refractivity (Wildman–Crippen MR) is 109 cm³/mol. The van der Waals surface area contributed by atoms with Crippen LogP contribution in [0.1, 0.15) is 31.2 Å². The number of hydrogen-bond acceptors (Lipinski definition) is 5. The molecule has 3 rings (SSSR count). The predicted octanol–water partition coefficient (Wildman–Crippen LogP) is 1.95. The summed E-state index contributed by atoms with van der Waals surface area (Å²) in [5, 5.41) is 15.2. The lowest BCUT2D eigenvalue weighted by Crippen LogP contribution is -2.62. The standard InChI is InChI=1S/C20H29N3O4S/c1-27-17-9-5-2-6-14(17)12-21-18(25)13-28-19-15-7-3-4-8-16(15)23(10-11-24)20(26)22-19/h2,5-6,9,15-16,19,24H,3-4,7-8,10-13H2,1H3,(H,21,25)(H,22,26). The van der Waals surface area contributed by atoms with Gasteiger partial charge in [0, 0.05) is 30.6 Å². The van der Waals surface area contributed by atoms with E-state index in [2.05, 4.69) is 10.6 Å². The Bertz CT molecular complexity index is 687. The molecule has 8 heteroatoms. The molecule has 1 aromatic rings. The van der Waals surface area contributed by atoms with E-state index in [1.165, 1.54) is 11.8 Å². The number of urea groups is 1. The van der Waals surface area contributed by atoms with E-state index < -0.39 is 0 Å². The van der Waals surface area contributed by atoms with E-state index in [0.29, 0.717) is 24.8 Å². The van der Waals surface area contributed by atoms with Crippen LogP contribution in [-0.4, -0.2) is 59.4 Å². The average Bonchev–Trinajstić information content (AvgIpc) is 2.73. The molecule has 1 aromatic carbocycles. The number of carbonyl (C=O) groups excluding carboxylic acids is 2. The van der Waals surface area contributed by atoms with Crippen LogP contribution >= 0.6 is 11.8 Å².